The number of nitrogens with one attached hydrogen (secondary N) is 1. The molecule has 3 heteroatoms. The van der Waals surface area contributed by atoms with E-state index in [2.05, 4.69) is 34.6 Å². The Labute approximate surface area is 124 Å². The summed E-state index contributed by atoms with van der Waals surface area (Å²) in [4.78, 5) is 16.8. The average molecular weight is 280 g/mol. The second kappa shape index (κ2) is 4.83. The van der Waals surface area contributed by atoms with Crippen LogP contribution in [0.25, 0.3) is 10.9 Å². The largest absolute Gasteiger partial charge is 0.355 e. The van der Waals surface area contributed by atoms with Gasteiger partial charge in [0.15, 0.2) is 0 Å². The van der Waals surface area contributed by atoms with E-state index < -0.39 is 0 Å². The smallest absolute Gasteiger partial charge is 0.226 e. The molecule has 0 aliphatic heterocycles. The van der Waals surface area contributed by atoms with E-state index in [4.69, 9.17) is 0 Å². The number of rotatable bonds is 4. The zero-order valence-corrected chi connectivity index (χ0v) is 12.1. The van der Waals surface area contributed by atoms with Crippen molar-refractivity contribution in [2.45, 2.75) is 32.1 Å². The van der Waals surface area contributed by atoms with E-state index in [1.54, 1.807) is 0 Å². The fourth-order valence-corrected chi connectivity index (χ4v) is 3.98. The number of pyridine rings is 1. The summed E-state index contributed by atoms with van der Waals surface area (Å²) in [6.07, 6.45) is 7.37. The molecule has 2 saturated carbocycles. The van der Waals surface area contributed by atoms with Gasteiger partial charge in [-0.2, -0.15) is 0 Å². The lowest BCUT2D eigenvalue weighted by molar-refractivity contribution is -0.126. The van der Waals surface area contributed by atoms with Crippen LogP contribution in [0.3, 0.4) is 0 Å². The van der Waals surface area contributed by atoms with Crippen LogP contribution in [-0.4, -0.2) is 17.4 Å². The van der Waals surface area contributed by atoms with Crippen LogP contribution < -0.4 is 5.32 Å². The van der Waals surface area contributed by atoms with Gasteiger partial charge >= 0.3 is 0 Å². The first-order chi connectivity index (χ1) is 10.3. The van der Waals surface area contributed by atoms with E-state index in [0.29, 0.717) is 12.5 Å². The standard InChI is InChI=1S/C18H20N2O/c21-17(18-9-2-7-15(18)12-18)20-11-8-14-5-1-4-13-6-3-10-19-16(13)14/h1,3-6,10,15H,2,7-9,11-12H2,(H,20,21)/t15-,18-/m0/s1. The average Bonchev–Trinajstić information content (AvgIpc) is 3.09. The molecule has 2 aromatic rings. The first kappa shape index (κ1) is 12.8. The zero-order valence-electron chi connectivity index (χ0n) is 12.1. The summed E-state index contributed by atoms with van der Waals surface area (Å²) in [7, 11) is 0. The summed E-state index contributed by atoms with van der Waals surface area (Å²) in [6, 6.07) is 10.3. The van der Waals surface area contributed by atoms with Crippen molar-refractivity contribution >= 4 is 16.8 Å². The molecule has 1 aromatic heterocycles. The van der Waals surface area contributed by atoms with Crippen molar-refractivity contribution in [2.75, 3.05) is 6.54 Å². The molecule has 21 heavy (non-hydrogen) atoms. The summed E-state index contributed by atoms with van der Waals surface area (Å²) < 4.78 is 0. The van der Waals surface area contributed by atoms with Crippen LogP contribution in [0.5, 0.6) is 0 Å². The van der Waals surface area contributed by atoms with Crippen molar-refractivity contribution in [2.24, 2.45) is 11.3 Å². The van der Waals surface area contributed by atoms with Crippen LogP contribution in [0.15, 0.2) is 36.5 Å². The first-order valence-corrected chi connectivity index (χ1v) is 7.90. The molecule has 0 radical (unpaired) electrons. The van der Waals surface area contributed by atoms with E-state index in [0.717, 1.165) is 30.2 Å². The Morgan fingerprint density at radius 3 is 3.05 bits per heavy atom. The quantitative estimate of drug-likeness (QED) is 0.935. The van der Waals surface area contributed by atoms with Gasteiger partial charge in [-0.05, 0) is 43.2 Å². The maximum absolute atomic E-state index is 12.3. The number of fused-ring (bicyclic) bond motifs is 2. The lowest BCUT2D eigenvalue weighted by Gasteiger charge is -2.13. The zero-order chi connectivity index (χ0) is 14.3. The highest BCUT2D eigenvalue weighted by molar-refractivity contribution is 5.86. The Bertz CT molecular complexity index is 691. The van der Waals surface area contributed by atoms with E-state index >= 15 is 0 Å². The number of aromatic nitrogens is 1. The monoisotopic (exact) mass is 280 g/mol. The highest BCUT2D eigenvalue weighted by Gasteiger charge is 2.61. The SMILES string of the molecule is O=C(NCCc1cccc2cccnc12)[C@]12CCC[C@H]1C2. The molecule has 2 aliphatic carbocycles. The maximum atomic E-state index is 12.3. The molecule has 2 aliphatic rings. The van der Waals surface area contributed by atoms with Crippen LogP contribution in [0.4, 0.5) is 0 Å². The molecule has 2 fully saturated rings. The third-order valence-corrected chi connectivity index (χ3v) is 5.26. The molecule has 108 valence electrons. The third-order valence-electron chi connectivity index (χ3n) is 5.26. The van der Waals surface area contributed by atoms with Crippen molar-refractivity contribution in [3.8, 4) is 0 Å². The predicted molar refractivity (Wildman–Crippen MR) is 82.8 cm³/mol. The van der Waals surface area contributed by atoms with E-state index in [-0.39, 0.29) is 11.3 Å². The number of hydrogen-bond donors (Lipinski definition) is 1. The number of hydrogen-bond acceptors (Lipinski definition) is 2. The molecular weight excluding hydrogens is 260 g/mol. The number of carbonyl (C=O) groups excluding carboxylic acids is 1. The molecule has 1 aromatic carbocycles. The van der Waals surface area contributed by atoms with Crippen molar-refractivity contribution in [3.05, 3.63) is 42.1 Å². The van der Waals surface area contributed by atoms with Gasteiger partial charge in [0.25, 0.3) is 0 Å². The minimum atomic E-state index is 0.0248. The molecule has 1 heterocycles. The van der Waals surface area contributed by atoms with Gasteiger partial charge < -0.3 is 5.32 Å². The third kappa shape index (κ3) is 2.11. The highest BCUT2D eigenvalue weighted by atomic mass is 16.2. The van der Waals surface area contributed by atoms with E-state index in [1.807, 2.05) is 12.3 Å². The molecule has 0 saturated heterocycles. The van der Waals surface area contributed by atoms with Gasteiger partial charge in [0.2, 0.25) is 5.91 Å². The fraction of sp³-hybridized carbons (Fsp3) is 0.444. The summed E-state index contributed by atoms with van der Waals surface area (Å²) in [5.41, 5.74) is 2.29. The molecule has 2 atom stereocenters. The Hall–Kier alpha value is -1.90. The van der Waals surface area contributed by atoms with Crippen LogP contribution in [0.2, 0.25) is 0 Å². The first-order valence-electron chi connectivity index (χ1n) is 7.90. The molecular formula is C18H20N2O. The molecule has 0 unspecified atom stereocenters. The summed E-state index contributed by atoms with van der Waals surface area (Å²) >= 11 is 0. The lowest BCUT2D eigenvalue weighted by Crippen LogP contribution is -2.33. The topological polar surface area (TPSA) is 42.0 Å². The Kier molecular flexibility index (Phi) is 2.95. The summed E-state index contributed by atoms with van der Waals surface area (Å²) in [6.45, 7) is 0.711. The number of carbonyl (C=O) groups is 1. The Balaban J connectivity index is 1.41. The van der Waals surface area contributed by atoms with Gasteiger partial charge in [0.1, 0.15) is 0 Å². The number of nitrogens with zero attached hydrogens (tertiary/aromatic N) is 1. The van der Waals surface area contributed by atoms with E-state index in [1.165, 1.54) is 18.4 Å². The summed E-state index contributed by atoms with van der Waals surface area (Å²) in [5.74, 6) is 0.968. The van der Waals surface area contributed by atoms with Crippen LogP contribution in [-0.2, 0) is 11.2 Å². The molecule has 0 bridgehead atoms. The number of benzene rings is 1. The van der Waals surface area contributed by atoms with Gasteiger partial charge in [-0.3, -0.25) is 9.78 Å². The van der Waals surface area contributed by atoms with Crippen molar-refractivity contribution < 1.29 is 4.79 Å². The van der Waals surface area contributed by atoms with Crippen LogP contribution in [0.1, 0.15) is 31.2 Å². The normalized spacial score (nSPS) is 26.6. The Morgan fingerprint density at radius 1 is 1.33 bits per heavy atom. The second-order valence-electron chi connectivity index (χ2n) is 6.45. The highest BCUT2D eigenvalue weighted by Crippen LogP contribution is 2.63. The Morgan fingerprint density at radius 2 is 2.24 bits per heavy atom. The van der Waals surface area contributed by atoms with E-state index in [9.17, 15) is 4.79 Å². The van der Waals surface area contributed by atoms with Crippen molar-refractivity contribution in [1.29, 1.82) is 0 Å². The minimum Gasteiger partial charge on any atom is -0.355 e. The van der Waals surface area contributed by atoms with Gasteiger partial charge in [0.05, 0.1) is 10.9 Å². The fourth-order valence-electron chi connectivity index (χ4n) is 3.98. The molecule has 1 N–H and O–H groups in total. The maximum Gasteiger partial charge on any atom is 0.226 e. The lowest BCUT2D eigenvalue weighted by atomic mass is 10.0. The molecule has 0 spiro atoms. The van der Waals surface area contributed by atoms with Crippen LogP contribution >= 0.6 is 0 Å². The van der Waals surface area contributed by atoms with Crippen molar-refractivity contribution in [1.82, 2.24) is 10.3 Å². The molecule has 4 rings (SSSR count). The van der Waals surface area contributed by atoms with Gasteiger partial charge in [-0.25, -0.2) is 0 Å². The molecule has 1 amide bonds. The summed E-state index contributed by atoms with van der Waals surface area (Å²) in [5, 5.41) is 4.32. The van der Waals surface area contributed by atoms with Crippen LogP contribution in [0, 0.1) is 11.3 Å². The molecule has 3 nitrogen and oxygen atoms in total. The minimum absolute atomic E-state index is 0.0248. The number of amides is 1. The number of para-hydroxylation sites is 1. The second-order valence-corrected chi connectivity index (χ2v) is 6.45. The van der Waals surface area contributed by atoms with Gasteiger partial charge in [-0.15, -0.1) is 0 Å². The van der Waals surface area contributed by atoms with Gasteiger partial charge in [0, 0.05) is 18.1 Å². The van der Waals surface area contributed by atoms with Gasteiger partial charge in [-0.1, -0.05) is 30.7 Å². The van der Waals surface area contributed by atoms with Crippen molar-refractivity contribution in [3.63, 3.8) is 0 Å². The predicted octanol–water partition coefficient (Wildman–Crippen LogP) is 3.08.